The van der Waals surface area contributed by atoms with Crippen molar-refractivity contribution in [3.8, 4) is 0 Å². The fourth-order valence-corrected chi connectivity index (χ4v) is 5.92. The van der Waals surface area contributed by atoms with Gasteiger partial charge in [0.2, 0.25) is 5.91 Å². The normalized spacial score (nSPS) is 26.6. The van der Waals surface area contributed by atoms with Crippen molar-refractivity contribution < 1.29 is 9.59 Å². The Hall–Kier alpha value is -2.70. The van der Waals surface area contributed by atoms with Crippen LogP contribution in [0.25, 0.3) is 0 Å². The Morgan fingerprint density at radius 2 is 1.61 bits per heavy atom. The summed E-state index contributed by atoms with van der Waals surface area (Å²) in [6.45, 7) is 3.52. The molecule has 0 aromatic heterocycles. The van der Waals surface area contributed by atoms with E-state index in [9.17, 15) is 9.59 Å². The zero-order valence-corrected chi connectivity index (χ0v) is 21.4. The molecule has 2 aliphatic carbocycles. The molecule has 36 heavy (non-hydrogen) atoms. The van der Waals surface area contributed by atoms with E-state index in [1.165, 1.54) is 18.4 Å². The number of nitrogens with zero attached hydrogens (tertiary/aromatic N) is 2. The van der Waals surface area contributed by atoms with Crippen molar-refractivity contribution in [3.63, 3.8) is 0 Å². The quantitative estimate of drug-likeness (QED) is 0.617. The molecule has 1 aliphatic heterocycles. The van der Waals surface area contributed by atoms with Crippen molar-refractivity contribution >= 4 is 11.8 Å². The molecule has 2 aromatic carbocycles. The van der Waals surface area contributed by atoms with Crippen LogP contribution >= 0.6 is 0 Å². The van der Waals surface area contributed by atoms with Crippen molar-refractivity contribution in [1.82, 2.24) is 15.1 Å². The number of rotatable bonds is 7. The first-order chi connectivity index (χ1) is 17.5. The highest BCUT2D eigenvalue weighted by molar-refractivity contribution is 5.97. The minimum absolute atomic E-state index is 0.00362. The molecule has 3 aliphatic rings. The minimum Gasteiger partial charge on any atom is -0.352 e. The summed E-state index contributed by atoms with van der Waals surface area (Å²) >= 11 is 0. The minimum atomic E-state index is -0.454. The fourth-order valence-electron chi connectivity index (χ4n) is 5.92. The van der Waals surface area contributed by atoms with Gasteiger partial charge in [-0.15, -0.1) is 0 Å². The molecule has 0 bridgehead atoms. The van der Waals surface area contributed by atoms with Gasteiger partial charge in [0.15, 0.2) is 0 Å². The second kappa shape index (κ2) is 11.1. The van der Waals surface area contributed by atoms with E-state index in [2.05, 4.69) is 40.5 Å². The average molecular weight is 489 g/mol. The maximum Gasteiger partial charge on any atom is 0.254 e. The van der Waals surface area contributed by atoms with Crippen molar-refractivity contribution in [2.75, 3.05) is 6.54 Å². The van der Waals surface area contributed by atoms with Gasteiger partial charge in [-0.25, -0.2) is 0 Å². The number of carbonyl (C=O) groups is 2. The van der Waals surface area contributed by atoms with Crippen molar-refractivity contribution in [2.45, 2.75) is 95.0 Å². The number of aryl methyl sites for hydroxylation is 1. The predicted molar refractivity (Wildman–Crippen MR) is 142 cm³/mol. The molecule has 1 heterocycles. The SMILES string of the molecule is Cc1ccc(C(=O)N2CCC(N(Cc3ccccc3)C3CC3)C[C@@H]2C(=O)NC2CCC(N)CC2)cc1. The maximum absolute atomic E-state index is 13.7. The third-order valence-electron chi connectivity index (χ3n) is 8.25. The molecule has 6 nitrogen and oxygen atoms in total. The average Bonchev–Trinajstić information content (AvgIpc) is 3.74. The van der Waals surface area contributed by atoms with Crippen LogP contribution in [0.1, 0.15) is 72.9 Å². The van der Waals surface area contributed by atoms with Gasteiger partial charge in [-0.2, -0.15) is 0 Å². The highest BCUT2D eigenvalue weighted by Crippen LogP contribution is 2.35. The molecule has 6 heteroatoms. The number of nitrogens with two attached hydrogens (primary N) is 1. The second-order valence-electron chi connectivity index (χ2n) is 11.1. The van der Waals surface area contributed by atoms with Gasteiger partial charge < -0.3 is 16.0 Å². The summed E-state index contributed by atoms with van der Waals surface area (Å²) in [4.78, 5) is 31.7. The Morgan fingerprint density at radius 3 is 2.28 bits per heavy atom. The van der Waals surface area contributed by atoms with Crippen molar-refractivity contribution in [1.29, 1.82) is 0 Å². The summed E-state index contributed by atoms with van der Waals surface area (Å²) < 4.78 is 0. The lowest BCUT2D eigenvalue weighted by Crippen LogP contribution is -2.58. The first kappa shape index (κ1) is 25.0. The molecule has 3 N–H and O–H groups in total. The number of hydrogen-bond donors (Lipinski definition) is 2. The second-order valence-corrected chi connectivity index (χ2v) is 11.1. The summed E-state index contributed by atoms with van der Waals surface area (Å²) in [6.07, 6.45) is 7.72. The summed E-state index contributed by atoms with van der Waals surface area (Å²) in [5.41, 5.74) is 9.17. The zero-order valence-electron chi connectivity index (χ0n) is 21.4. The molecular weight excluding hydrogens is 448 g/mol. The Kier molecular flexibility index (Phi) is 7.73. The Morgan fingerprint density at radius 1 is 0.917 bits per heavy atom. The third kappa shape index (κ3) is 5.98. The Bertz CT molecular complexity index is 1030. The van der Waals surface area contributed by atoms with Gasteiger partial charge in [0.1, 0.15) is 6.04 Å². The number of nitrogens with one attached hydrogen (secondary N) is 1. The van der Waals surface area contributed by atoms with Gasteiger partial charge in [-0.3, -0.25) is 14.5 Å². The number of amides is 2. The van der Waals surface area contributed by atoms with E-state index in [0.717, 1.165) is 44.2 Å². The lowest BCUT2D eigenvalue weighted by atomic mass is 9.90. The van der Waals surface area contributed by atoms with Crippen molar-refractivity contribution in [3.05, 3.63) is 71.3 Å². The summed E-state index contributed by atoms with van der Waals surface area (Å²) in [5.74, 6) is -0.0450. The van der Waals surface area contributed by atoms with E-state index < -0.39 is 6.04 Å². The lowest BCUT2D eigenvalue weighted by molar-refractivity contribution is -0.128. The van der Waals surface area contributed by atoms with Crippen LogP contribution in [0.4, 0.5) is 0 Å². The monoisotopic (exact) mass is 488 g/mol. The van der Waals surface area contributed by atoms with E-state index in [-0.39, 0.29) is 29.9 Å². The predicted octanol–water partition coefficient (Wildman–Crippen LogP) is 4.02. The first-order valence-corrected chi connectivity index (χ1v) is 13.7. The van der Waals surface area contributed by atoms with E-state index in [0.29, 0.717) is 24.6 Å². The number of carbonyl (C=O) groups excluding carboxylic acids is 2. The van der Waals surface area contributed by atoms with Crippen LogP contribution in [0.5, 0.6) is 0 Å². The number of benzene rings is 2. The summed E-state index contributed by atoms with van der Waals surface area (Å²) in [7, 11) is 0. The van der Waals surface area contributed by atoms with Crippen LogP contribution in [0.15, 0.2) is 54.6 Å². The highest BCUT2D eigenvalue weighted by atomic mass is 16.2. The molecule has 2 aromatic rings. The summed E-state index contributed by atoms with van der Waals surface area (Å²) in [5, 5.41) is 3.30. The number of hydrogen-bond acceptors (Lipinski definition) is 4. The molecule has 1 unspecified atom stereocenters. The molecule has 5 rings (SSSR count). The smallest absolute Gasteiger partial charge is 0.254 e. The van der Waals surface area contributed by atoms with Gasteiger partial charge in [-0.1, -0.05) is 48.0 Å². The van der Waals surface area contributed by atoms with Gasteiger partial charge in [-0.05, 0) is 76.0 Å². The Labute approximate surface area is 215 Å². The molecule has 192 valence electrons. The van der Waals surface area contributed by atoms with Gasteiger partial charge in [0.25, 0.3) is 5.91 Å². The van der Waals surface area contributed by atoms with Crippen LogP contribution in [-0.4, -0.2) is 58.4 Å². The van der Waals surface area contributed by atoms with E-state index in [1.54, 1.807) is 0 Å². The maximum atomic E-state index is 13.7. The summed E-state index contributed by atoms with van der Waals surface area (Å²) in [6, 6.07) is 19.1. The molecule has 2 saturated carbocycles. The lowest BCUT2D eigenvalue weighted by Gasteiger charge is -2.43. The zero-order chi connectivity index (χ0) is 25.1. The molecular formula is C30H40N4O2. The molecule has 0 spiro atoms. The highest BCUT2D eigenvalue weighted by Gasteiger charge is 2.42. The molecule has 0 radical (unpaired) electrons. The van der Waals surface area contributed by atoms with Crippen LogP contribution in [-0.2, 0) is 11.3 Å². The standard InChI is InChI=1S/C30H40N4O2/c1-21-7-9-23(10-8-21)30(36)33-18-17-27(34(26-15-16-26)20-22-5-3-2-4-6-22)19-28(33)29(35)32-25-13-11-24(31)12-14-25/h2-10,24-28H,11-20,31H2,1H3,(H,32,35)/t24?,25?,27?,28-/m1/s1. The van der Waals surface area contributed by atoms with Crippen LogP contribution in [0.3, 0.4) is 0 Å². The van der Waals surface area contributed by atoms with E-state index >= 15 is 0 Å². The van der Waals surface area contributed by atoms with E-state index in [4.69, 9.17) is 5.73 Å². The largest absolute Gasteiger partial charge is 0.352 e. The van der Waals surface area contributed by atoms with Crippen LogP contribution in [0, 0.1) is 6.92 Å². The van der Waals surface area contributed by atoms with Crippen LogP contribution < -0.4 is 11.1 Å². The topological polar surface area (TPSA) is 78.7 Å². The fraction of sp³-hybridized carbons (Fsp3) is 0.533. The van der Waals surface area contributed by atoms with Gasteiger partial charge >= 0.3 is 0 Å². The van der Waals surface area contributed by atoms with Crippen molar-refractivity contribution in [2.24, 2.45) is 5.73 Å². The molecule has 2 amide bonds. The number of likely N-dealkylation sites (tertiary alicyclic amines) is 1. The first-order valence-electron chi connectivity index (χ1n) is 13.7. The van der Waals surface area contributed by atoms with Gasteiger partial charge in [0.05, 0.1) is 0 Å². The third-order valence-corrected chi connectivity index (χ3v) is 8.25. The number of piperidine rings is 1. The van der Waals surface area contributed by atoms with E-state index in [1.807, 2.05) is 36.1 Å². The molecule has 1 saturated heterocycles. The molecule has 3 fully saturated rings. The van der Waals surface area contributed by atoms with Crippen LogP contribution in [0.2, 0.25) is 0 Å². The molecule has 2 atom stereocenters. The van der Waals surface area contributed by atoms with Gasteiger partial charge in [0, 0.05) is 42.8 Å². The Balaban J connectivity index is 1.34.